The van der Waals surface area contributed by atoms with E-state index in [0.29, 0.717) is 24.5 Å². The minimum atomic E-state index is -1.82. The fourth-order valence-corrected chi connectivity index (χ4v) is 2.92. The number of alkyl carbamates (subject to hydrolysis) is 1. The smallest absolute Gasteiger partial charge is 0.408 e. The molecule has 2 aromatic rings. The molecular weight excluding hydrogens is 442 g/mol. The van der Waals surface area contributed by atoms with Gasteiger partial charge in [0.1, 0.15) is 23.7 Å². The Morgan fingerprint density at radius 1 is 0.941 bits per heavy atom. The lowest BCUT2D eigenvalue weighted by Gasteiger charge is -2.25. The first-order valence-electron chi connectivity index (χ1n) is 10.8. The van der Waals surface area contributed by atoms with Gasteiger partial charge in [0.2, 0.25) is 5.78 Å². The summed E-state index contributed by atoms with van der Waals surface area (Å²) in [5, 5.41) is 12.2. The van der Waals surface area contributed by atoms with Gasteiger partial charge in [0, 0.05) is 13.5 Å². The highest BCUT2D eigenvalue weighted by atomic mass is 16.6. The summed E-state index contributed by atoms with van der Waals surface area (Å²) in [6.45, 7) is 5.88. The van der Waals surface area contributed by atoms with E-state index in [9.17, 15) is 19.5 Å². The number of benzene rings is 2. The number of carboxylic acid groups (broad SMARTS) is 1. The molecule has 0 heterocycles. The molecule has 2 unspecified atom stereocenters. The van der Waals surface area contributed by atoms with Crippen molar-refractivity contribution < 1.29 is 38.4 Å². The van der Waals surface area contributed by atoms with Crippen molar-refractivity contribution in [2.45, 2.75) is 44.9 Å². The number of rotatable bonds is 12. The number of ether oxygens (including phenoxy) is 4. The SMILES string of the molecule is COCCOc1ccc(CC(NC(=O)OC(C)(C)C)C(=O)C(Oc2ccccc2)C(=O)O)cc1. The maximum absolute atomic E-state index is 13.2. The van der Waals surface area contributed by atoms with Gasteiger partial charge in [-0.05, 0) is 50.6 Å². The van der Waals surface area contributed by atoms with Crippen LogP contribution in [0.5, 0.6) is 11.5 Å². The van der Waals surface area contributed by atoms with Crippen LogP contribution in [0.1, 0.15) is 26.3 Å². The number of hydrogen-bond donors (Lipinski definition) is 2. The van der Waals surface area contributed by atoms with Crippen LogP contribution >= 0.6 is 0 Å². The molecule has 9 heteroatoms. The maximum atomic E-state index is 13.2. The highest BCUT2D eigenvalue weighted by Crippen LogP contribution is 2.17. The van der Waals surface area contributed by atoms with E-state index in [2.05, 4.69) is 5.32 Å². The van der Waals surface area contributed by atoms with E-state index >= 15 is 0 Å². The Balaban J connectivity index is 2.22. The van der Waals surface area contributed by atoms with Crippen LogP contribution in [0.3, 0.4) is 0 Å². The predicted octanol–water partition coefficient (Wildman–Crippen LogP) is 3.25. The minimum absolute atomic E-state index is 0.0261. The largest absolute Gasteiger partial charge is 0.491 e. The fraction of sp³-hybridized carbons (Fsp3) is 0.400. The standard InChI is InChI=1S/C25H31NO8/c1-25(2,3)34-24(30)26-20(16-17-10-12-18(13-11-17)32-15-14-31-4)21(27)22(23(28)29)33-19-8-6-5-7-9-19/h5-13,20,22H,14-16H2,1-4H3,(H,26,30)(H,28,29). The number of methoxy groups -OCH3 is 1. The molecule has 0 saturated carbocycles. The van der Waals surface area contributed by atoms with Gasteiger partial charge in [0.15, 0.2) is 0 Å². The summed E-state index contributed by atoms with van der Waals surface area (Å²) in [4.78, 5) is 37.5. The number of hydrogen-bond acceptors (Lipinski definition) is 7. The highest BCUT2D eigenvalue weighted by molar-refractivity contribution is 6.05. The van der Waals surface area contributed by atoms with Gasteiger partial charge in [-0.2, -0.15) is 0 Å². The summed E-state index contributed by atoms with van der Waals surface area (Å²) >= 11 is 0. The molecule has 0 aromatic heterocycles. The van der Waals surface area contributed by atoms with Gasteiger partial charge in [-0.3, -0.25) is 4.79 Å². The molecule has 2 rings (SSSR count). The Labute approximate surface area is 199 Å². The lowest BCUT2D eigenvalue weighted by Crippen LogP contribution is -2.51. The molecule has 2 atom stereocenters. The molecule has 2 aromatic carbocycles. The van der Waals surface area contributed by atoms with E-state index in [1.165, 1.54) is 0 Å². The van der Waals surface area contributed by atoms with Gasteiger partial charge < -0.3 is 29.4 Å². The van der Waals surface area contributed by atoms with Crippen LogP contribution in [-0.2, 0) is 25.5 Å². The number of ketones is 1. The van der Waals surface area contributed by atoms with Gasteiger partial charge in [-0.15, -0.1) is 0 Å². The number of carbonyl (C=O) groups is 3. The summed E-state index contributed by atoms with van der Waals surface area (Å²) in [6, 6.07) is 13.8. The van der Waals surface area contributed by atoms with Crippen LogP contribution in [0.2, 0.25) is 0 Å². The molecule has 0 aliphatic rings. The molecular formula is C25H31NO8. The van der Waals surface area contributed by atoms with Crippen molar-refractivity contribution >= 4 is 17.8 Å². The number of carbonyl (C=O) groups excluding carboxylic acids is 2. The Hall–Kier alpha value is -3.59. The number of aliphatic carboxylic acids is 1. The van der Waals surface area contributed by atoms with E-state index < -0.39 is 35.6 Å². The van der Waals surface area contributed by atoms with Crippen molar-refractivity contribution in [2.24, 2.45) is 0 Å². The first kappa shape index (κ1) is 26.7. The predicted molar refractivity (Wildman–Crippen MR) is 124 cm³/mol. The normalized spacial score (nSPS) is 12.8. The number of para-hydroxylation sites is 1. The van der Waals surface area contributed by atoms with Crippen LogP contribution in [0.15, 0.2) is 54.6 Å². The Morgan fingerprint density at radius 3 is 2.15 bits per heavy atom. The van der Waals surface area contributed by atoms with E-state index in [0.717, 1.165) is 0 Å². The molecule has 184 valence electrons. The van der Waals surface area contributed by atoms with Crippen LogP contribution in [-0.4, -0.2) is 61.0 Å². The number of carboxylic acids is 1. The molecule has 1 amide bonds. The van der Waals surface area contributed by atoms with Gasteiger partial charge in [-0.1, -0.05) is 30.3 Å². The highest BCUT2D eigenvalue weighted by Gasteiger charge is 2.36. The molecule has 0 spiro atoms. The minimum Gasteiger partial charge on any atom is -0.491 e. The first-order valence-corrected chi connectivity index (χ1v) is 10.8. The van der Waals surface area contributed by atoms with Crippen molar-refractivity contribution in [1.29, 1.82) is 0 Å². The second kappa shape index (κ2) is 12.6. The van der Waals surface area contributed by atoms with E-state index in [4.69, 9.17) is 18.9 Å². The van der Waals surface area contributed by atoms with Gasteiger partial charge >= 0.3 is 12.1 Å². The molecule has 34 heavy (non-hydrogen) atoms. The lowest BCUT2D eigenvalue weighted by atomic mass is 9.99. The molecule has 0 saturated heterocycles. The lowest BCUT2D eigenvalue weighted by molar-refractivity contribution is -0.151. The zero-order valence-electron chi connectivity index (χ0n) is 19.8. The van der Waals surface area contributed by atoms with Crippen molar-refractivity contribution in [3.63, 3.8) is 0 Å². The van der Waals surface area contributed by atoms with E-state index in [1.807, 2.05) is 0 Å². The van der Waals surface area contributed by atoms with Crippen LogP contribution in [0.25, 0.3) is 0 Å². The molecule has 9 nitrogen and oxygen atoms in total. The van der Waals surface area contributed by atoms with Crippen molar-refractivity contribution in [2.75, 3.05) is 20.3 Å². The van der Waals surface area contributed by atoms with Crippen LogP contribution in [0.4, 0.5) is 4.79 Å². The topological polar surface area (TPSA) is 120 Å². The third-order valence-electron chi connectivity index (χ3n) is 4.43. The van der Waals surface area contributed by atoms with Crippen LogP contribution < -0.4 is 14.8 Å². The fourth-order valence-electron chi connectivity index (χ4n) is 2.92. The average molecular weight is 474 g/mol. The van der Waals surface area contributed by atoms with Gasteiger partial charge in [0.05, 0.1) is 12.6 Å². The number of Topliss-reactive ketones (excluding diaryl/α,β-unsaturated/α-hetero) is 1. The third-order valence-corrected chi connectivity index (χ3v) is 4.43. The monoisotopic (exact) mass is 473 g/mol. The Morgan fingerprint density at radius 2 is 1.59 bits per heavy atom. The Bertz CT molecular complexity index is 938. The van der Waals surface area contributed by atoms with Gasteiger partial charge in [0.25, 0.3) is 6.10 Å². The van der Waals surface area contributed by atoms with Crippen molar-refractivity contribution in [3.05, 3.63) is 60.2 Å². The average Bonchev–Trinajstić information content (AvgIpc) is 2.77. The molecule has 0 bridgehead atoms. The summed E-state index contributed by atoms with van der Waals surface area (Å²) in [5.41, 5.74) is -0.122. The summed E-state index contributed by atoms with van der Waals surface area (Å²) in [6.07, 6.45) is -2.63. The zero-order valence-corrected chi connectivity index (χ0v) is 19.8. The van der Waals surface area contributed by atoms with Crippen LogP contribution in [0, 0.1) is 0 Å². The molecule has 0 radical (unpaired) electrons. The summed E-state index contributed by atoms with van der Waals surface area (Å²) < 4.78 is 21.2. The second-order valence-electron chi connectivity index (χ2n) is 8.44. The second-order valence-corrected chi connectivity index (χ2v) is 8.44. The van der Waals surface area contributed by atoms with E-state index in [-0.39, 0.29) is 12.2 Å². The molecule has 0 aliphatic heterocycles. The summed E-state index contributed by atoms with van der Waals surface area (Å²) in [7, 11) is 1.58. The molecule has 0 aliphatic carbocycles. The quantitative estimate of drug-likeness (QED) is 0.356. The Kier molecular flexibility index (Phi) is 9.88. The molecule has 0 fully saturated rings. The zero-order chi connectivity index (χ0) is 25.1. The van der Waals surface area contributed by atoms with E-state index in [1.54, 1.807) is 82.5 Å². The molecule has 2 N–H and O–H groups in total. The first-order chi connectivity index (χ1) is 16.1. The van der Waals surface area contributed by atoms with Crippen molar-refractivity contribution in [1.82, 2.24) is 5.32 Å². The van der Waals surface area contributed by atoms with Crippen molar-refractivity contribution in [3.8, 4) is 11.5 Å². The van der Waals surface area contributed by atoms with Gasteiger partial charge in [-0.25, -0.2) is 9.59 Å². The summed E-state index contributed by atoms with van der Waals surface area (Å²) in [5.74, 6) is -1.45. The number of amides is 1. The third kappa shape index (κ3) is 9.11. The number of nitrogens with one attached hydrogen (secondary N) is 1. The maximum Gasteiger partial charge on any atom is 0.408 e.